The molecule has 0 bridgehead atoms. The average Bonchev–Trinajstić information content (AvgIpc) is 2.08. The van der Waals surface area contributed by atoms with Crippen molar-refractivity contribution >= 4 is 27.9 Å². The average molecular weight is 230 g/mol. The highest BCUT2D eigenvalue weighted by molar-refractivity contribution is 9.06. The van der Waals surface area contributed by atoms with Crippen molar-refractivity contribution in [1.82, 2.24) is 0 Å². The number of carbonyl (C=O) groups excluding carboxylic acids is 1. The topological polar surface area (TPSA) is 52.3 Å². The molecule has 3 nitrogen and oxygen atoms in total. The molecule has 0 saturated carbocycles. The maximum Gasteiger partial charge on any atom is 0.349 e. The third-order valence-corrected chi connectivity index (χ3v) is 1.96. The van der Waals surface area contributed by atoms with Gasteiger partial charge in [0.1, 0.15) is 0 Å². The molecule has 1 aromatic rings. The molecule has 2 N–H and O–H groups in total. The molecule has 0 aliphatic rings. The van der Waals surface area contributed by atoms with Gasteiger partial charge in [-0.1, -0.05) is 6.07 Å². The lowest BCUT2D eigenvalue weighted by Crippen LogP contribution is -2.03. The van der Waals surface area contributed by atoms with Crippen LogP contribution in [0.15, 0.2) is 18.2 Å². The van der Waals surface area contributed by atoms with Crippen LogP contribution in [0.3, 0.4) is 0 Å². The molecule has 0 aromatic heterocycles. The van der Waals surface area contributed by atoms with Crippen molar-refractivity contribution in [3.8, 4) is 0 Å². The number of nitrogen functional groups attached to an aromatic ring is 1. The van der Waals surface area contributed by atoms with Crippen molar-refractivity contribution in [3.63, 3.8) is 0 Å². The minimum Gasteiger partial charge on any atom is -0.398 e. The predicted molar refractivity (Wildman–Crippen MR) is 49.9 cm³/mol. The number of carbonyl (C=O) groups is 1. The largest absolute Gasteiger partial charge is 0.398 e. The molecular formula is C8H8BrNO2. The summed E-state index contributed by atoms with van der Waals surface area (Å²) >= 11 is 2.62. The van der Waals surface area contributed by atoms with Crippen LogP contribution >= 0.6 is 16.3 Å². The van der Waals surface area contributed by atoms with Gasteiger partial charge in [0.05, 0.1) is 5.56 Å². The molecule has 0 atom stereocenters. The fourth-order valence-electron chi connectivity index (χ4n) is 0.916. The zero-order chi connectivity index (χ0) is 9.14. The van der Waals surface area contributed by atoms with Crippen LogP contribution in [0.2, 0.25) is 0 Å². The summed E-state index contributed by atoms with van der Waals surface area (Å²) in [7, 11) is 0. The van der Waals surface area contributed by atoms with Crippen molar-refractivity contribution in [2.24, 2.45) is 0 Å². The first kappa shape index (κ1) is 9.06. The van der Waals surface area contributed by atoms with Gasteiger partial charge in [-0.15, -0.1) is 0 Å². The van der Waals surface area contributed by atoms with E-state index in [9.17, 15) is 4.79 Å². The minimum atomic E-state index is -0.431. The third-order valence-electron chi connectivity index (χ3n) is 1.67. The monoisotopic (exact) mass is 229 g/mol. The smallest absolute Gasteiger partial charge is 0.349 e. The van der Waals surface area contributed by atoms with Crippen molar-refractivity contribution < 1.29 is 8.62 Å². The van der Waals surface area contributed by atoms with Gasteiger partial charge < -0.3 is 9.56 Å². The van der Waals surface area contributed by atoms with E-state index >= 15 is 0 Å². The Morgan fingerprint density at radius 3 is 2.83 bits per heavy atom. The van der Waals surface area contributed by atoms with Crippen LogP contribution in [0.5, 0.6) is 0 Å². The summed E-state index contributed by atoms with van der Waals surface area (Å²) in [6.07, 6.45) is 0. The van der Waals surface area contributed by atoms with E-state index < -0.39 is 5.97 Å². The van der Waals surface area contributed by atoms with E-state index in [2.05, 4.69) is 20.1 Å². The van der Waals surface area contributed by atoms with E-state index in [4.69, 9.17) is 5.73 Å². The van der Waals surface area contributed by atoms with Crippen LogP contribution in [0.4, 0.5) is 5.69 Å². The zero-order valence-electron chi connectivity index (χ0n) is 6.50. The fraction of sp³-hybridized carbons (Fsp3) is 0.125. The maximum atomic E-state index is 11.1. The van der Waals surface area contributed by atoms with Crippen LogP contribution < -0.4 is 5.73 Å². The first-order chi connectivity index (χ1) is 5.66. The van der Waals surface area contributed by atoms with Crippen molar-refractivity contribution in [2.45, 2.75) is 6.92 Å². The Balaban J connectivity index is 3.16. The molecule has 64 valence electrons. The lowest BCUT2D eigenvalue weighted by atomic mass is 10.1. The Hall–Kier alpha value is -1.03. The van der Waals surface area contributed by atoms with Gasteiger partial charge in [-0.2, -0.15) is 0 Å². The van der Waals surface area contributed by atoms with Gasteiger partial charge in [0.2, 0.25) is 0 Å². The summed E-state index contributed by atoms with van der Waals surface area (Å²) in [5, 5.41) is 0. The third kappa shape index (κ3) is 1.58. The van der Waals surface area contributed by atoms with E-state index in [1.54, 1.807) is 25.1 Å². The quantitative estimate of drug-likeness (QED) is 0.751. The van der Waals surface area contributed by atoms with Crippen LogP contribution in [0.25, 0.3) is 0 Å². The van der Waals surface area contributed by atoms with Gasteiger partial charge in [-0.25, -0.2) is 4.79 Å². The molecule has 0 amide bonds. The van der Waals surface area contributed by atoms with Crippen LogP contribution in [0, 0.1) is 6.92 Å². The van der Waals surface area contributed by atoms with Gasteiger partial charge in [-0.3, -0.25) is 0 Å². The Morgan fingerprint density at radius 1 is 1.58 bits per heavy atom. The Morgan fingerprint density at radius 2 is 2.25 bits per heavy atom. The summed E-state index contributed by atoms with van der Waals surface area (Å²) in [6.45, 7) is 1.77. The second-order valence-electron chi connectivity index (χ2n) is 2.38. The number of rotatable bonds is 1. The standard InChI is InChI=1S/C8H8BrNO2/c1-5-6(8(11)12-9)3-2-4-7(5)10/h2-4H,10H2,1H3. The molecule has 4 heteroatoms. The zero-order valence-corrected chi connectivity index (χ0v) is 8.09. The van der Waals surface area contributed by atoms with Gasteiger partial charge in [0.25, 0.3) is 0 Å². The van der Waals surface area contributed by atoms with Crippen LogP contribution in [0.1, 0.15) is 15.9 Å². The van der Waals surface area contributed by atoms with E-state index in [1.165, 1.54) is 0 Å². The van der Waals surface area contributed by atoms with Crippen molar-refractivity contribution in [3.05, 3.63) is 29.3 Å². The van der Waals surface area contributed by atoms with Gasteiger partial charge in [0, 0.05) is 5.69 Å². The normalized spacial score (nSPS) is 9.50. The first-order valence-electron chi connectivity index (χ1n) is 3.35. The fourth-order valence-corrected chi connectivity index (χ4v) is 1.09. The predicted octanol–water partition coefficient (Wildman–Crippen LogP) is 2.04. The van der Waals surface area contributed by atoms with E-state index in [0.29, 0.717) is 11.3 Å². The number of benzene rings is 1. The highest BCUT2D eigenvalue weighted by atomic mass is 79.9. The molecule has 1 aromatic carbocycles. The molecule has 0 saturated heterocycles. The summed E-state index contributed by atoms with van der Waals surface area (Å²) in [5.74, 6) is -0.431. The minimum absolute atomic E-state index is 0.431. The molecule has 0 radical (unpaired) electrons. The number of nitrogens with two attached hydrogens (primary N) is 1. The molecule has 0 aliphatic carbocycles. The van der Waals surface area contributed by atoms with Crippen molar-refractivity contribution in [2.75, 3.05) is 5.73 Å². The molecule has 12 heavy (non-hydrogen) atoms. The first-order valence-corrected chi connectivity index (χ1v) is 3.99. The molecule has 0 spiro atoms. The SMILES string of the molecule is Cc1c(N)cccc1C(=O)OBr. The molecular weight excluding hydrogens is 222 g/mol. The highest BCUT2D eigenvalue weighted by Gasteiger charge is 2.10. The highest BCUT2D eigenvalue weighted by Crippen LogP contribution is 2.16. The lowest BCUT2D eigenvalue weighted by molar-refractivity contribution is 0.0781. The van der Waals surface area contributed by atoms with E-state index in [-0.39, 0.29) is 0 Å². The van der Waals surface area contributed by atoms with E-state index in [0.717, 1.165) is 5.56 Å². The Labute approximate surface area is 79.0 Å². The number of halogens is 1. The number of anilines is 1. The van der Waals surface area contributed by atoms with Crippen molar-refractivity contribution in [1.29, 1.82) is 0 Å². The summed E-state index contributed by atoms with van der Waals surface area (Å²) in [4.78, 5) is 11.1. The van der Waals surface area contributed by atoms with E-state index in [1.807, 2.05) is 0 Å². The van der Waals surface area contributed by atoms with Gasteiger partial charge >= 0.3 is 5.97 Å². The second-order valence-corrected chi connectivity index (χ2v) is 2.71. The number of hydrogen-bond donors (Lipinski definition) is 1. The summed E-state index contributed by atoms with van der Waals surface area (Å²) in [5.41, 5.74) is 7.39. The molecule has 1 rings (SSSR count). The Bertz CT molecular complexity index is 312. The molecule has 0 aliphatic heterocycles. The van der Waals surface area contributed by atoms with Gasteiger partial charge in [0.15, 0.2) is 16.3 Å². The molecule has 0 heterocycles. The summed E-state index contributed by atoms with van der Waals surface area (Å²) in [6, 6.07) is 5.11. The van der Waals surface area contributed by atoms with Crippen LogP contribution in [-0.2, 0) is 3.83 Å². The lowest BCUT2D eigenvalue weighted by Gasteiger charge is -2.03. The second kappa shape index (κ2) is 3.58. The Kier molecular flexibility index (Phi) is 2.70. The maximum absolute atomic E-state index is 11.1. The number of hydrogen-bond acceptors (Lipinski definition) is 3. The molecule has 0 unspecified atom stereocenters. The summed E-state index contributed by atoms with van der Waals surface area (Å²) < 4.78 is 4.39. The molecule has 0 fully saturated rings. The van der Waals surface area contributed by atoms with Gasteiger partial charge in [-0.05, 0) is 24.6 Å². The van der Waals surface area contributed by atoms with Crippen LogP contribution in [-0.4, -0.2) is 5.97 Å².